The third-order valence-electron chi connectivity index (χ3n) is 5.67. The molecule has 164 valence electrons. The van der Waals surface area contributed by atoms with E-state index in [1.807, 2.05) is 19.1 Å². The van der Waals surface area contributed by atoms with Gasteiger partial charge in [-0.15, -0.1) is 11.3 Å². The molecule has 0 radical (unpaired) electrons. The monoisotopic (exact) mass is 443 g/mol. The normalized spacial score (nSPS) is 12.0. The second-order valence-corrected chi connectivity index (χ2v) is 9.16. The van der Waals surface area contributed by atoms with Crippen LogP contribution >= 0.6 is 11.3 Å². The second kappa shape index (κ2) is 9.53. The predicted octanol–water partition coefficient (Wildman–Crippen LogP) is 6.93. The summed E-state index contributed by atoms with van der Waals surface area (Å²) in [6.45, 7) is 9.33. The van der Waals surface area contributed by atoms with Crippen molar-refractivity contribution >= 4 is 32.9 Å². The topological polar surface area (TPSA) is 58.0 Å². The fourth-order valence-corrected chi connectivity index (χ4v) is 4.99. The molecule has 0 aliphatic rings. The van der Waals surface area contributed by atoms with Gasteiger partial charge in [0.2, 0.25) is 0 Å². The van der Waals surface area contributed by atoms with Crippen LogP contribution in [-0.2, 0) is 6.42 Å². The van der Waals surface area contributed by atoms with Crippen molar-refractivity contribution in [1.29, 1.82) is 0 Å². The number of hydrogen-bond donors (Lipinski definition) is 2. The van der Waals surface area contributed by atoms with E-state index in [4.69, 9.17) is 9.97 Å². The summed E-state index contributed by atoms with van der Waals surface area (Å²) in [5.41, 5.74) is 6.88. The molecule has 2 aromatic carbocycles. The Morgan fingerprint density at radius 2 is 1.84 bits per heavy atom. The first-order chi connectivity index (χ1) is 15.5. The van der Waals surface area contributed by atoms with Crippen molar-refractivity contribution in [3.05, 3.63) is 88.1 Å². The summed E-state index contributed by atoms with van der Waals surface area (Å²) in [7, 11) is 0. The Kier molecular flexibility index (Phi) is 6.56. The summed E-state index contributed by atoms with van der Waals surface area (Å²) in [6.07, 6.45) is 2.95. The summed E-state index contributed by atoms with van der Waals surface area (Å²) in [6, 6.07) is 15.7. The van der Waals surface area contributed by atoms with E-state index in [1.165, 1.54) is 16.7 Å². The number of rotatable bonds is 7. The van der Waals surface area contributed by atoms with Crippen molar-refractivity contribution in [2.75, 3.05) is 11.9 Å². The number of allylic oxidation sites excluding steroid dienone is 1. The highest BCUT2D eigenvalue weighted by Gasteiger charge is 2.18. The van der Waals surface area contributed by atoms with Gasteiger partial charge in [-0.1, -0.05) is 56.3 Å². The van der Waals surface area contributed by atoms with E-state index in [0.29, 0.717) is 11.7 Å². The summed E-state index contributed by atoms with van der Waals surface area (Å²) >= 11 is 1.70. The van der Waals surface area contributed by atoms with Gasteiger partial charge in [-0.3, -0.25) is 0 Å². The van der Waals surface area contributed by atoms with E-state index in [9.17, 15) is 5.11 Å². The molecule has 0 bridgehead atoms. The SMILES string of the molecule is C/C=C(/c1nc(NCCc2ccc(O)cc2)c2scc(C(C)C)c2n1)c1ccccc1C. The highest BCUT2D eigenvalue weighted by Crippen LogP contribution is 2.36. The van der Waals surface area contributed by atoms with Crippen molar-refractivity contribution in [1.82, 2.24) is 9.97 Å². The maximum Gasteiger partial charge on any atom is 0.162 e. The van der Waals surface area contributed by atoms with Gasteiger partial charge in [0.05, 0.1) is 10.2 Å². The molecular weight excluding hydrogens is 414 g/mol. The molecule has 4 nitrogen and oxygen atoms in total. The van der Waals surface area contributed by atoms with E-state index in [0.717, 1.165) is 46.0 Å². The van der Waals surface area contributed by atoms with E-state index in [2.05, 4.69) is 61.8 Å². The number of benzene rings is 2. The van der Waals surface area contributed by atoms with Gasteiger partial charge in [0, 0.05) is 12.1 Å². The van der Waals surface area contributed by atoms with Crippen LogP contribution < -0.4 is 5.32 Å². The minimum absolute atomic E-state index is 0.291. The molecule has 0 fully saturated rings. The van der Waals surface area contributed by atoms with Gasteiger partial charge >= 0.3 is 0 Å². The summed E-state index contributed by atoms with van der Waals surface area (Å²) in [5.74, 6) is 2.32. The van der Waals surface area contributed by atoms with Crippen LogP contribution in [0.25, 0.3) is 15.8 Å². The van der Waals surface area contributed by atoms with Crippen LogP contribution in [0.2, 0.25) is 0 Å². The molecule has 5 heteroatoms. The zero-order chi connectivity index (χ0) is 22.7. The highest BCUT2D eigenvalue weighted by atomic mass is 32.1. The van der Waals surface area contributed by atoms with Crippen LogP contribution in [0.3, 0.4) is 0 Å². The smallest absolute Gasteiger partial charge is 0.162 e. The molecule has 0 amide bonds. The lowest BCUT2D eigenvalue weighted by atomic mass is 9.99. The zero-order valence-electron chi connectivity index (χ0n) is 19.0. The second-order valence-electron chi connectivity index (χ2n) is 8.28. The van der Waals surface area contributed by atoms with E-state index in [1.54, 1.807) is 23.5 Å². The average molecular weight is 444 g/mol. The van der Waals surface area contributed by atoms with Crippen LogP contribution in [0.4, 0.5) is 5.82 Å². The average Bonchev–Trinajstić information content (AvgIpc) is 3.21. The lowest BCUT2D eigenvalue weighted by molar-refractivity contribution is 0.475. The molecule has 0 saturated carbocycles. The van der Waals surface area contributed by atoms with Crippen molar-refractivity contribution in [2.24, 2.45) is 0 Å². The number of phenols is 1. The first-order valence-corrected chi connectivity index (χ1v) is 11.9. The van der Waals surface area contributed by atoms with Crippen molar-refractivity contribution in [3.8, 4) is 5.75 Å². The van der Waals surface area contributed by atoms with Crippen LogP contribution in [0.5, 0.6) is 5.75 Å². The Bertz CT molecular complexity index is 1260. The predicted molar refractivity (Wildman–Crippen MR) is 136 cm³/mol. The molecule has 0 aliphatic heterocycles. The molecular formula is C27H29N3OS. The van der Waals surface area contributed by atoms with Crippen molar-refractivity contribution in [2.45, 2.75) is 40.0 Å². The number of aryl methyl sites for hydroxylation is 1. The van der Waals surface area contributed by atoms with Crippen molar-refractivity contribution in [3.63, 3.8) is 0 Å². The summed E-state index contributed by atoms with van der Waals surface area (Å²) < 4.78 is 1.10. The highest BCUT2D eigenvalue weighted by molar-refractivity contribution is 7.18. The molecule has 2 N–H and O–H groups in total. The quantitative estimate of drug-likeness (QED) is 0.325. The Balaban J connectivity index is 1.72. The number of fused-ring (bicyclic) bond motifs is 1. The van der Waals surface area contributed by atoms with E-state index >= 15 is 0 Å². The lowest BCUT2D eigenvalue weighted by Gasteiger charge is -2.14. The molecule has 0 atom stereocenters. The zero-order valence-corrected chi connectivity index (χ0v) is 19.8. The van der Waals surface area contributed by atoms with Gasteiger partial charge in [-0.25, -0.2) is 9.97 Å². The van der Waals surface area contributed by atoms with E-state index < -0.39 is 0 Å². The van der Waals surface area contributed by atoms with Gasteiger partial charge in [-0.2, -0.15) is 0 Å². The summed E-state index contributed by atoms with van der Waals surface area (Å²) in [4.78, 5) is 10.0. The minimum Gasteiger partial charge on any atom is -0.508 e. The first kappa shape index (κ1) is 22.0. The number of phenolic OH excluding ortho intramolecular Hbond substituents is 1. The molecule has 4 aromatic rings. The number of aromatic hydroxyl groups is 1. The van der Waals surface area contributed by atoms with Crippen LogP contribution in [0, 0.1) is 6.92 Å². The van der Waals surface area contributed by atoms with Crippen LogP contribution in [0.15, 0.2) is 60.0 Å². The number of nitrogens with zero attached hydrogens (tertiary/aromatic N) is 2. The standard InChI is InChI=1S/C27H29N3OS/c1-5-21(22-9-7-6-8-18(22)4)26-29-24-23(17(2)3)16-32-25(24)27(30-26)28-15-14-19-10-12-20(31)13-11-19/h5-13,16-17,31H,14-15H2,1-4H3,(H,28,29,30)/b21-5+. The maximum absolute atomic E-state index is 9.51. The molecule has 0 saturated heterocycles. The Morgan fingerprint density at radius 3 is 2.53 bits per heavy atom. The van der Waals surface area contributed by atoms with E-state index in [-0.39, 0.29) is 0 Å². The van der Waals surface area contributed by atoms with Crippen LogP contribution in [-0.4, -0.2) is 21.6 Å². The van der Waals surface area contributed by atoms with Gasteiger partial charge in [0.1, 0.15) is 11.6 Å². The van der Waals surface area contributed by atoms with Gasteiger partial charge in [-0.05, 0) is 66.0 Å². The largest absolute Gasteiger partial charge is 0.508 e. The third kappa shape index (κ3) is 4.53. The van der Waals surface area contributed by atoms with Gasteiger partial charge in [0.25, 0.3) is 0 Å². The first-order valence-electron chi connectivity index (χ1n) is 11.0. The number of nitrogens with one attached hydrogen (secondary N) is 1. The number of anilines is 1. The fraction of sp³-hybridized carbons (Fsp3) is 0.259. The molecule has 0 aliphatic carbocycles. The van der Waals surface area contributed by atoms with Gasteiger partial charge in [0.15, 0.2) is 5.82 Å². The van der Waals surface area contributed by atoms with Crippen LogP contribution in [0.1, 0.15) is 54.8 Å². The third-order valence-corrected chi connectivity index (χ3v) is 6.67. The Labute approximate surface area is 193 Å². The molecule has 0 spiro atoms. The number of aromatic nitrogens is 2. The maximum atomic E-state index is 9.51. The minimum atomic E-state index is 0.291. The molecule has 4 rings (SSSR count). The van der Waals surface area contributed by atoms with Gasteiger partial charge < -0.3 is 10.4 Å². The fourth-order valence-electron chi connectivity index (χ4n) is 3.85. The van der Waals surface area contributed by atoms with Crippen molar-refractivity contribution < 1.29 is 5.11 Å². The number of hydrogen-bond acceptors (Lipinski definition) is 5. The molecule has 2 heterocycles. The molecule has 0 unspecified atom stereocenters. The molecule has 2 aromatic heterocycles. The number of thiophene rings is 1. The summed E-state index contributed by atoms with van der Waals surface area (Å²) in [5, 5.41) is 15.3. The lowest BCUT2D eigenvalue weighted by Crippen LogP contribution is -2.09. The Morgan fingerprint density at radius 1 is 1.09 bits per heavy atom. The Hall–Kier alpha value is -3.18. The molecule has 32 heavy (non-hydrogen) atoms.